The number of hydrogen-bond acceptors (Lipinski definition) is 6. The Morgan fingerprint density at radius 3 is 2.15 bits per heavy atom. The molecule has 34 heavy (non-hydrogen) atoms. The summed E-state index contributed by atoms with van der Waals surface area (Å²) >= 11 is 0. The second-order valence-electron chi connectivity index (χ2n) is 9.13. The monoisotopic (exact) mass is 455 g/mol. The molecule has 6 heteroatoms. The fraction of sp³-hybridized carbons (Fsp3) is 0.321. The first-order valence-electron chi connectivity index (χ1n) is 11.8. The highest BCUT2D eigenvalue weighted by molar-refractivity contribution is 5.74. The van der Waals surface area contributed by atoms with E-state index in [-0.39, 0.29) is 11.6 Å². The maximum Gasteiger partial charge on any atom is 0.150 e. The third-order valence-electron chi connectivity index (χ3n) is 6.69. The molecule has 0 aliphatic carbocycles. The van der Waals surface area contributed by atoms with Gasteiger partial charge in [0.2, 0.25) is 0 Å². The molecule has 2 heterocycles. The van der Waals surface area contributed by atoms with Gasteiger partial charge in [0, 0.05) is 11.0 Å². The number of piperidine rings is 1. The van der Waals surface area contributed by atoms with Gasteiger partial charge < -0.3 is 4.90 Å². The number of hydrogen-bond donors (Lipinski definition) is 1. The molecule has 5 rings (SSSR count). The molecule has 1 fully saturated rings. The van der Waals surface area contributed by atoms with Gasteiger partial charge in [-0.15, -0.1) is 5.11 Å². The molecule has 0 spiro atoms. The van der Waals surface area contributed by atoms with Crippen molar-refractivity contribution in [1.82, 2.24) is 15.4 Å². The minimum atomic E-state index is -0.0101. The van der Waals surface area contributed by atoms with Gasteiger partial charge in [0.05, 0.1) is 6.54 Å². The Labute approximate surface area is 202 Å². The van der Waals surface area contributed by atoms with Gasteiger partial charge >= 0.3 is 0 Å². The fourth-order valence-corrected chi connectivity index (χ4v) is 4.52. The third kappa shape index (κ3) is 5.76. The Morgan fingerprint density at radius 2 is 1.56 bits per heavy atom. The van der Waals surface area contributed by atoms with E-state index >= 15 is 0 Å². The van der Waals surface area contributed by atoms with Gasteiger partial charge in [-0.2, -0.15) is 5.43 Å². The van der Waals surface area contributed by atoms with Gasteiger partial charge in [0.25, 0.3) is 0 Å². The average Bonchev–Trinajstić information content (AvgIpc) is 3.36. The number of benzene rings is 3. The van der Waals surface area contributed by atoms with E-state index in [1.165, 1.54) is 16.7 Å². The van der Waals surface area contributed by atoms with Crippen molar-refractivity contribution in [2.75, 3.05) is 20.1 Å². The summed E-state index contributed by atoms with van der Waals surface area (Å²) in [6, 6.07) is 28.5. The number of aldehydes is 1. The molecule has 2 aliphatic rings. The van der Waals surface area contributed by atoms with Gasteiger partial charge in [0.1, 0.15) is 6.29 Å². The predicted octanol–water partition coefficient (Wildman–Crippen LogP) is 5.17. The van der Waals surface area contributed by atoms with Gasteiger partial charge in [-0.3, -0.25) is 4.79 Å². The zero-order valence-corrected chi connectivity index (χ0v) is 20.0. The molecule has 1 atom stereocenters. The molecule has 0 aromatic heterocycles. The lowest BCUT2D eigenvalue weighted by Crippen LogP contribution is -2.53. The van der Waals surface area contributed by atoms with Gasteiger partial charge in [-0.05, 0) is 51.0 Å². The van der Waals surface area contributed by atoms with Crippen LogP contribution in [0.15, 0.2) is 95.3 Å². The Bertz CT molecular complexity index is 1060. The summed E-state index contributed by atoms with van der Waals surface area (Å²) in [5.74, 6) is 0. The van der Waals surface area contributed by atoms with E-state index in [4.69, 9.17) is 0 Å². The van der Waals surface area contributed by atoms with Crippen LogP contribution in [0.25, 0.3) is 0 Å². The lowest BCUT2D eigenvalue weighted by atomic mass is 9.70. The van der Waals surface area contributed by atoms with Crippen LogP contribution in [0.4, 0.5) is 0 Å². The molecule has 1 N–H and O–H groups in total. The maximum atomic E-state index is 10.0. The number of carbonyl (C=O) groups is 1. The van der Waals surface area contributed by atoms with Crippen LogP contribution in [0.2, 0.25) is 0 Å². The molecule has 0 saturated carbocycles. The maximum absolute atomic E-state index is 10.0. The average molecular weight is 456 g/mol. The Kier molecular flexibility index (Phi) is 7.83. The second kappa shape index (κ2) is 11.2. The van der Waals surface area contributed by atoms with Crippen LogP contribution in [0.1, 0.15) is 39.9 Å². The highest BCUT2D eigenvalue weighted by atomic mass is 16.1. The predicted molar refractivity (Wildman–Crippen MR) is 135 cm³/mol. The standard InChI is InChI=1S/C21H27N5.C7H6O/c1-17-8-10-18(11-9-17)16-26-23-20(22-24-26)21(12-14-25(2)15-13-21)19-6-4-3-5-7-19;8-6-7-4-2-1-3-5-7/h3-11,20,23H,12-16H2,1-2H3;1-6H. The number of nitrogens with zero attached hydrogens (tertiary/aromatic N) is 4. The van der Waals surface area contributed by atoms with Crippen LogP contribution in [0.3, 0.4) is 0 Å². The molecule has 2 aliphatic heterocycles. The summed E-state index contributed by atoms with van der Waals surface area (Å²) in [6.07, 6.45) is 2.99. The van der Waals surface area contributed by atoms with Gasteiger partial charge in [-0.1, -0.05) is 95.7 Å². The normalized spacial score (nSPS) is 19.4. The Hall–Kier alpha value is -3.35. The van der Waals surface area contributed by atoms with Crippen molar-refractivity contribution in [3.05, 3.63) is 107 Å². The first kappa shape index (κ1) is 23.8. The molecule has 6 nitrogen and oxygen atoms in total. The zero-order valence-electron chi connectivity index (χ0n) is 20.0. The number of hydrazine groups is 1. The molecule has 176 valence electrons. The Balaban J connectivity index is 0.000000291. The van der Waals surface area contributed by atoms with E-state index in [0.29, 0.717) is 0 Å². The molecule has 3 aromatic carbocycles. The number of aryl methyl sites for hydroxylation is 1. The van der Waals surface area contributed by atoms with Crippen LogP contribution in [-0.4, -0.2) is 42.6 Å². The zero-order chi connectivity index (χ0) is 23.8. The minimum absolute atomic E-state index is 0.000698. The summed E-state index contributed by atoms with van der Waals surface area (Å²) in [7, 11) is 2.20. The van der Waals surface area contributed by atoms with Crippen molar-refractivity contribution in [2.24, 2.45) is 10.3 Å². The first-order chi connectivity index (χ1) is 16.6. The first-order valence-corrected chi connectivity index (χ1v) is 11.8. The van der Waals surface area contributed by atoms with E-state index in [9.17, 15) is 4.79 Å². The number of rotatable bonds is 5. The molecule has 0 amide bonds. The summed E-state index contributed by atoms with van der Waals surface area (Å²) in [5, 5.41) is 11.0. The second-order valence-corrected chi connectivity index (χ2v) is 9.13. The van der Waals surface area contributed by atoms with E-state index in [2.05, 4.69) is 89.2 Å². The smallest absolute Gasteiger partial charge is 0.150 e. The molecule has 0 radical (unpaired) electrons. The Morgan fingerprint density at radius 1 is 0.941 bits per heavy atom. The van der Waals surface area contributed by atoms with Crippen molar-refractivity contribution in [3.63, 3.8) is 0 Å². The quantitative estimate of drug-likeness (QED) is 0.539. The van der Waals surface area contributed by atoms with Gasteiger partial charge in [0.15, 0.2) is 6.17 Å². The highest BCUT2D eigenvalue weighted by Crippen LogP contribution is 2.40. The van der Waals surface area contributed by atoms with E-state index in [0.717, 1.165) is 44.3 Å². The van der Waals surface area contributed by atoms with Crippen LogP contribution < -0.4 is 5.43 Å². The molecule has 0 bridgehead atoms. The SMILES string of the molecule is Cc1ccc(CN2N=NC(C3(c4ccccc4)CCN(C)CC3)N2)cc1.O=Cc1ccccc1. The lowest BCUT2D eigenvalue weighted by Gasteiger charge is -2.43. The molecule has 1 unspecified atom stereocenters. The van der Waals surface area contributed by atoms with Crippen molar-refractivity contribution >= 4 is 6.29 Å². The summed E-state index contributed by atoms with van der Waals surface area (Å²) in [6.45, 7) is 5.00. The van der Waals surface area contributed by atoms with E-state index in [1.807, 2.05) is 23.3 Å². The summed E-state index contributed by atoms with van der Waals surface area (Å²) in [5.41, 5.74) is 8.16. The van der Waals surface area contributed by atoms with Crippen molar-refractivity contribution in [3.8, 4) is 0 Å². The molecular weight excluding hydrogens is 422 g/mol. The molecular formula is C28H33N5O. The van der Waals surface area contributed by atoms with Crippen LogP contribution in [0.5, 0.6) is 0 Å². The number of likely N-dealkylation sites (tertiary alicyclic amines) is 1. The molecule has 1 saturated heterocycles. The van der Waals surface area contributed by atoms with E-state index < -0.39 is 0 Å². The van der Waals surface area contributed by atoms with Gasteiger partial charge in [-0.25, -0.2) is 5.12 Å². The molecule has 3 aromatic rings. The van der Waals surface area contributed by atoms with Crippen molar-refractivity contribution in [1.29, 1.82) is 0 Å². The minimum Gasteiger partial charge on any atom is -0.306 e. The van der Waals surface area contributed by atoms with Crippen LogP contribution >= 0.6 is 0 Å². The topological polar surface area (TPSA) is 60.3 Å². The fourth-order valence-electron chi connectivity index (χ4n) is 4.52. The van der Waals surface area contributed by atoms with Crippen molar-refractivity contribution < 1.29 is 4.79 Å². The van der Waals surface area contributed by atoms with Crippen molar-refractivity contribution in [2.45, 2.75) is 37.9 Å². The lowest BCUT2D eigenvalue weighted by molar-refractivity contribution is 0.112. The third-order valence-corrected chi connectivity index (χ3v) is 6.69. The number of nitrogens with one attached hydrogen (secondary N) is 1. The van der Waals surface area contributed by atoms with E-state index in [1.54, 1.807) is 12.1 Å². The largest absolute Gasteiger partial charge is 0.306 e. The van der Waals surface area contributed by atoms with Crippen LogP contribution in [-0.2, 0) is 12.0 Å². The summed E-state index contributed by atoms with van der Waals surface area (Å²) < 4.78 is 0. The number of carbonyl (C=O) groups excluding carboxylic acids is 1. The summed E-state index contributed by atoms with van der Waals surface area (Å²) in [4.78, 5) is 12.4. The van der Waals surface area contributed by atoms with Crippen LogP contribution in [0, 0.1) is 6.92 Å². The highest BCUT2D eigenvalue weighted by Gasteiger charge is 2.45.